The van der Waals surface area contributed by atoms with Gasteiger partial charge in [-0.3, -0.25) is 5.43 Å². The van der Waals surface area contributed by atoms with Crippen molar-refractivity contribution in [2.24, 2.45) is 5.10 Å². The second kappa shape index (κ2) is 7.46. The molecule has 0 bridgehead atoms. The van der Waals surface area contributed by atoms with Crippen molar-refractivity contribution in [3.05, 3.63) is 48.0 Å². The van der Waals surface area contributed by atoms with Gasteiger partial charge in [-0.05, 0) is 61.6 Å². The largest absolute Gasteiger partial charge is 0.508 e. The third-order valence-electron chi connectivity index (χ3n) is 3.04. The summed E-state index contributed by atoms with van der Waals surface area (Å²) in [6, 6.07) is 11.5. The fraction of sp³-hybridized carbons (Fsp3) is 0.125. The lowest BCUT2D eigenvalue weighted by Gasteiger charge is -2.09. The Balaban J connectivity index is 2.00. The number of rotatable bonds is 4. The Morgan fingerprint density at radius 2 is 1.83 bits per heavy atom. The smallest absolute Gasteiger partial charge is 0.191 e. The number of nitrogens with one attached hydrogen (secondary N) is 2. The number of nitrogens with zero attached hydrogens (tertiary/aromatic N) is 1. The maximum absolute atomic E-state index is 9.78. The first kappa shape index (κ1) is 16.6. The van der Waals surface area contributed by atoms with E-state index in [0.717, 1.165) is 11.4 Å². The van der Waals surface area contributed by atoms with Gasteiger partial charge in [-0.2, -0.15) is 5.10 Å². The van der Waals surface area contributed by atoms with Crippen LogP contribution in [0.1, 0.15) is 12.5 Å². The number of thiocarbonyl (C=S) groups is 1. The average Bonchev–Trinajstić information content (AvgIpc) is 2.55. The van der Waals surface area contributed by atoms with Gasteiger partial charge in [0, 0.05) is 11.3 Å². The summed E-state index contributed by atoms with van der Waals surface area (Å²) in [5.41, 5.74) is 4.38. The van der Waals surface area contributed by atoms with Crippen molar-refractivity contribution in [3.8, 4) is 17.2 Å². The third kappa shape index (κ3) is 4.58. The lowest BCUT2D eigenvalue weighted by Crippen LogP contribution is -2.24. The van der Waals surface area contributed by atoms with E-state index in [9.17, 15) is 10.2 Å². The molecule has 2 aromatic rings. The van der Waals surface area contributed by atoms with Crippen LogP contribution >= 0.6 is 12.2 Å². The Morgan fingerprint density at radius 3 is 2.48 bits per heavy atom. The van der Waals surface area contributed by atoms with Crippen LogP contribution in [0.3, 0.4) is 0 Å². The molecule has 0 aliphatic heterocycles. The van der Waals surface area contributed by atoms with Gasteiger partial charge in [0.1, 0.15) is 17.2 Å². The van der Waals surface area contributed by atoms with Gasteiger partial charge in [0.25, 0.3) is 0 Å². The van der Waals surface area contributed by atoms with Crippen molar-refractivity contribution in [3.63, 3.8) is 0 Å². The molecule has 6 nitrogen and oxygen atoms in total. The molecule has 0 spiro atoms. The van der Waals surface area contributed by atoms with Crippen LogP contribution in [-0.4, -0.2) is 28.1 Å². The molecule has 7 heteroatoms. The number of benzene rings is 2. The molecule has 23 heavy (non-hydrogen) atoms. The number of aromatic hydroxyl groups is 2. The molecule has 0 amide bonds. The summed E-state index contributed by atoms with van der Waals surface area (Å²) in [6.45, 7) is 1.69. The van der Waals surface area contributed by atoms with Crippen molar-refractivity contribution < 1.29 is 14.9 Å². The number of methoxy groups -OCH3 is 1. The van der Waals surface area contributed by atoms with Crippen LogP contribution in [0.5, 0.6) is 17.2 Å². The van der Waals surface area contributed by atoms with Crippen molar-refractivity contribution >= 4 is 28.7 Å². The SMILES string of the molecule is COc1ccc(NC(=S)N/N=C(\C)c2cc(O)ccc2O)cc1. The van der Waals surface area contributed by atoms with Crippen LogP contribution in [0.2, 0.25) is 0 Å². The monoisotopic (exact) mass is 331 g/mol. The van der Waals surface area contributed by atoms with E-state index in [-0.39, 0.29) is 11.5 Å². The zero-order valence-corrected chi connectivity index (χ0v) is 13.5. The van der Waals surface area contributed by atoms with Gasteiger partial charge in [-0.15, -0.1) is 0 Å². The van der Waals surface area contributed by atoms with Gasteiger partial charge in [0.2, 0.25) is 0 Å². The molecule has 0 aromatic heterocycles. The number of hydrogen-bond donors (Lipinski definition) is 4. The second-order valence-electron chi connectivity index (χ2n) is 4.69. The third-order valence-corrected chi connectivity index (χ3v) is 3.24. The molecule has 120 valence electrons. The van der Waals surface area contributed by atoms with Gasteiger partial charge in [-0.25, -0.2) is 0 Å². The van der Waals surface area contributed by atoms with E-state index in [4.69, 9.17) is 17.0 Å². The van der Waals surface area contributed by atoms with Gasteiger partial charge in [0.05, 0.1) is 12.8 Å². The van der Waals surface area contributed by atoms with Crippen LogP contribution < -0.4 is 15.5 Å². The van der Waals surface area contributed by atoms with Gasteiger partial charge >= 0.3 is 0 Å². The molecular weight excluding hydrogens is 314 g/mol. The van der Waals surface area contributed by atoms with E-state index < -0.39 is 0 Å². The lowest BCUT2D eigenvalue weighted by atomic mass is 10.1. The number of phenolic OH excluding ortho intramolecular Hbond substituents is 2. The molecule has 0 atom stereocenters. The van der Waals surface area contributed by atoms with E-state index in [1.54, 1.807) is 14.0 Å². The number of ether oxygens (including phenoxy) is 1. The average molecular weight is 331 g/mol. The highest BCUT2D eigenvalue weighted by Gasteiger charge is 2.06. The standard InChI is InChI=1S/C16H17N3O3S/c1-10(14-9-12(20)5-8-15(14)21)18-19-16(23)17-11-3-6-13(22-2)7-4-11/h3-9,20-21H,1-2H3,(H2,17,19,23)/b18-10+. The Morgan fingerprint density at radius 1 is 1.13 bits per heavy atom. The molecular formula is C16H17N3O3S. The number of phenols is 2. The summed E-state index contributed by atoms with van der Waals surface area (Å²) >= 11 is 5.15. The zero-order valence-electron chi connectivity index (χ0n) is 12.7. The summed E-state index contributed by atoms with van der Waals surface area (Å²) in [4.78, 5) is 0. The van der Waals surface area contributed by atoms with Crippen molar-refractivity contribution in [1.29, 1.82) is 0 Å². The summed E-state index contributed by atoms with van der Waals surface area (Å²) in [5.74, 6) is 0.828. The molecule has 0 radical (unpaired) electrons. The Labute approximate surface area is 139 Å². The first-order valence-corrected chi connectivity index (χ1v) is 7.18. The van der Waals surface area contributed by atoms with Crippen LogP contribution in [0.15, 0.2) is 47.6 Å². The minimum atomic E-state index is 0.0277. The predicted octanol–water partition coefficient (Wildman–Crippen LogP) is 2.82. The van der Waals surface area contributed by atoms with E-state index in [0.29, 0.717) is 16.4 Å². The van der Waals surface area contributed by atoms with Crippen molar-refractivity contribution in [2.45, 2.75) is 6.92 Å². The van der Waals surface area contributed by atoms with E-state index in [1.165, 1.54) is 18.2 Å². The molecule has 2 rings (SSSR count). The molecule has 2 aromatic carbocycles. The fourth-order valence-electron chi connectivity index (χ4n) is 1.84. The maximum atomic E-state index is 9.78. The molecule has 4 N–H and O–H groups in total. The number of anilines is 1. The Kier molecular flexibility index (Phi) is 5.37. The van der Waals surface area contributed by atoms with Gasteiger partial charge in [-0.1, -0.05) is 0 Å². The summed E-state index contributed by atoms with van der Waals surface area (Å²) < 4.78 is 5.08. The van der Waals surface area contributed by atoms with E-state index in [1.807, 2.05) is 24.3 Å². The van der Waals surface area contributed by atoms with Crippen LogP contribution in [0, 0.1) is 0 Å². The molecule has 0 fully saturated rings. The minimum Gasteiger partial charge on any atom is -0.508 e. The van der Waals surface area contributed by atoms with Crippen LogP contribution in [0.4, 0.5) is 5.69 Å². The fourth-order valence-corrected chi connectivity index (χ4v) is 2.01. The first-order chi connectivity index (χ1) is 11.0. The quantitative estimate of drug-likeness (QED) is 0.298. The van der Waals surface area contributed by atoms with Gasteiger partial charge in [0.15, 0.2) is 5.11 Å². The number of hydrogen-bond acceptors (Lipinski definition) is 5. The predicted molar refractivity (Wildman–Crippen MR) is 94.3 cm³/mol. The maximum Gasteiger partial charge on any atom is 0.191 e. The van der Waals surface area contributed by atoms with Gasteiger partial charge < -0.3 is 20.3 Å². The zero-order chi connectivity index (χ0) is 16.8. The highest BCUT2D eigenvalue weighted by atomic mass is 32.1. The normalized spacial score (nSPS) is 11.0. The van der Waals surface area contributed by atoms with Crippen molar-refractivity contribution in [1.82, 2.24) is 5.43 Å². The topological polar surface area (TPSA) is 86.1 Å². The first-order valence-electron chi connectivity index (χ1n) is 6.77. The molecule has 0 aliphatic carbocycles. The second-order valence-corrected chi connectivity index (χ2v) is 5.10. The summed E-state index contributed by atoms with van der Waals surface area (Å²) in [7, 11) is 1.60. The minimum absolute atomic E-state index is 0.0277. The van der Waals surface area contributed by atoms with E-state index in [2.05, 4.69) is 15.8 Å². The molecule has 0 saturated carbocycles. The van der Waals surface area contributed by atoms with Crippen LogP contribution in [-0.2, 0) is 0 Å². The molecule has 0 saturated heterocycles. The summed E-state index contributed by atoms with van der Waals surface area (Å²) in [5, 5.41) is 26.6. The highest BCUT2D eigenvalue weighted by molar-refractivity contribution is 7.80. The number of hydrazone groups is 1. The molecule has 0 heterocycles. The molecule has 0 aliphatic rings. The Hall–Kier alpha value is -2.80. The molecule has 0 unspecified atom stereocenters. The van der Waals surface area contributed by atoms with E-state index >= 15 is 0 Å². The van der Waals surface area contributed by atoms with Crippen molar-refractivity contribution in [2.75, 3.05) is 12.4 Å². The highest BCUT2D eigenvalue weighted by Crippen LogP contribution is 2.22. The van der Waals surface area contributed by atoms with Crippen LogP contribution in [0.25, 0.3) is 0 Å². The lowest BCUT2D eigenvalue weighted by molar-refractivity contribution is 0.415. The summed E-state index contributed by atoms with van der Waals surface area (Å²) in [6.07, 6.45) is 0. The Bertz CT molecular complexity index is 730.